The SMILES string of the molecule is Cc1cc(C)n(-c2ccc(C(=O)N[C@@H](C(=O)O)C(C)C)cc2)n1. The summed E-state index contributed by atoms with van der Waals surface area (Å²) in [4.78, 5) is 23.3. The molecular weight excluding hydrogens is 294 g/mol. The molecular formula is C17H21N3O3. The Bertz CT molecular complexity index is 717. The Labute approximate surface area is 135 Å². The fraction of sp³-hybridized carbons (Fsp3) is 0.353. The number of nitrogens with zero attached hydrogens (tertiary/aromatic N) is 2. The van der Waals surface area contributed by atoms with E-state index in [1.807, 2.05) is 19.9 Å². The van der Waals surface area contributed by atoms with Crippen LogP contribution >= 0.6 is 0 Å². The van der Waals surface area contributed by atoms with Gasteiger partial charge in [0.2, 0.25) is 0 Å². The molecule has 0 saturated heterocycles. The van der Waals surface area contributed by atoms with Crippen molar-refractivity contribution in [1.82, 2.24) is 15.1 Å². The number of carbonyl (C=O) groups is 2. The zero-order chi connectivity index (χ0) is 17.1. The van der Waals surface area contributed by atoms with E-state index in [1.165, 1.54) is 0 Å². The molecule has 1 aromatic heterocycles. The van der Waals surface area contributed by atoms with Crippen molar-refractivity contribution in [3.63, 3.8) is 0 Å². The minimum absolute atomic E-state index is 0.189. The lowest BCUT2D eigenvalue weighted by Gasteiger charge is -2.18. The Morgan fingerprint density at radius 1 is 1.17 bits per heavy atom. The summed E-state index contributed by atoms with van der Waals surface area (Å²) >= 11 is 0. The van der Waals surface area contributed by atoms with E-state index in [-0.39, 0.29) is 5.92 Å². The number of aromatic nitrogens is 2. The van der Waals surface area contributed by atoms with Crippen LogP contribution in [-0.2, 0) is 4.79 Å². The number of aliphatic carboxylic acids is 1. The first kappa shape index (κ1) is 16.7. The number of carboxylic acids is 1. The number of aryl methyl sites for hydroxylation is 2. The third-order valence-corrected chi connectivity index (χ3v) is 3.60. The smallest absolute Gasteiger partial charge is 0.326 e. The van der Waals surface area contributed by atoms with Crippen LogP contribution in [0.1, 0.15) is 35.6 Å². The number of benzene rings is 1. The van der Waals surface area contributed by atoms with Crippen LogP contribution in [0.25, 0.3) is 5.69 Å². The third kappa shape index (κ3) is 3.77. The quantitative estimate of drug-likeness (QED) is 0.887. The lowest BCUT2D eigenvalue weighted by Crippen LogP contribution is -2.44. The van der Waals surface area contributed by atoms with Gasteiger partial charge in [-0.05, 0) is 50.1 Å². The Hall–Kier alpha value is -2.63. The van der Waals surface area contributed by atoms with Gasteiger partial charge in [-0.3, -0.25) is 4.79 Å². The van der Waals surface area contributed by atoms with Crippen molar-refractivity contribution in [3.8, 4) is 5.69 Å². The maximum absolute atomic E-state index is 12.2. The van der Waals surface area contributed by atoms with Crippen LogP contribution in [0.5, 0.6) is 0 Å². The predicted octanol–water partition coefficient (Wildman–Crippen LogP) is 2.33. The number of hydrogen-bond donors (Lipinski definition) is 2. The molecule has 6 nitrogen and oxygen atoms in total. The van der Waals surface area contributed by atoms with Crippen LogP contribution in [0.3, 0.4) is 0 Å². The second-order valence-corrected chi connectivity index (χ2v) is 5.92. The molecule has 0 aliphatic carbocycles. The second-order valence-electron chi connectivity index (χ2n) is 5.92. The lowest BCUT2D eigenvalue weighted by atomic mass is 10.0. The number of rotatable bonds is 5. The average molecular weight is 315 g/mol. The molecule has 0 fully saturated rings. The van der Waals surface area contributed by atoms with Crippen molar-refractivity contribution >= 4 is 11.9 Å². The van der Waals surface area contributed by atoms with Crippen molar-refractivity contribution in [2.24, 2.45) is 5.92 Å². The Balaban J connectivity index is 2.17. The van der Waals surface area contributed by atoms with Gasteiger partial charge in [0.15, 0.2) is 0 Å². The van der Waals surface area contributed by atoms with E-state index in [1.54, 1.807) is 42.8 Å². The summed E-state index contributed by atoms with van der Waals surface area (Å²) < 4.78 is 1.80. The molecule has 0 bridgehead atoms. The van der Waals surface area contributed by atoms with Crippen molar-refractivity contribution in [1.29, 1.82) is 0 Å². The van der Waals surface area contributed by atoms with Crippen LogP contribution in [0.4, 0.5) is 0 Å². The van der Waals surface area contributed by atoms with E-state index in [9.17, 15) is 9.59 Å². The highest BCUT2D eigenvalue weighted by molar-refractivity contribution is 5.96. The molecule has 1 atom stereocenters. The molecule has 0 aliphatic rings. The largest absolute Gasteiger partial charge is 0.480 e. The van der Waals surface area contributed by atoms with Crippen LogP contribution in [-0.4, -0.2) is 32.8 Å². The normalized spacial score (nSPS) is 12.2. The van der Waals surface area contributed by atoms with E-state index in [4.69, 9.17) is 5.11 Å². The molecule has 0 unspecified atom stereocenters. The van der Waals surface area contributed by atoms with Gasteiger partial charge in [-0.15, -0.1) is 0 Å². The average Bonchev–Trinajstić information content (AvgIpc) is 2.82. The summed E-state index contributed by atoms with van der Waals surface area (Å²) in [5.41, 5.74) is 3.20. The maximum atomic E-state index is 12.2. The van der Waals surface area contributed by atoms with E-state index in [2.05, 4.69) is 10.4 Å². The molecule has 0 spiro atoms. The number of hydrogen-bond acceptors (Lipinski definition) is 3. The highest BCUT2D eigenvalue weighted by Crippen LogP contribution is 2.13. The summed E-state index contributed by atoms with van der Waals surface area (Å²) in [5, 5.41) is 16.1. The molecule has 2 rings (SSSR count). The zero-order valence-electron chi connectivity index (χ0n) is 13.7. The molecule has 6 heteroatoms. The lowest BCUT2D eigenvalue weighted by molar-refractivity contribution is -0.140. The molecule has 2 N–H and O–H groups in total. The standard InChI is InChI=1S/C17H21N3O3/c1-10(2)15(17(22)23)18-16(21)13-5-7-14(8-6-13)20-12(4)9-11(3)19-20/h5-10,15H,1-4H3,(H,18,21)(H,22,23)/t15-/m1/s1. The number of amides is 1. The van der Waals surface area contributed by atoms with Gasteiger partial charge < -0.3 is 10.4 Å². The summed E-state index contributed by atoms with van der Waals surface area (Å²) in [6.07, 6.45) is 0. The van der Waals surface area contributed by atoms with E-state index >= 15 is 0 Å². The van der Waals surface area contributed by atoms with Gasteiger partial charge in [0.05, 0.1) is 11.4 Å². The molecule has 0 radical (unpaired) electrons. The first-order chi connectivity index (χ1) is 10.8. The topological polar surface area (TPSA) is 84.2 Å². The highest BCUT2D eigenvalue weighted by Gasteiger charge is 2.23. The third-order valence-electron chi connectivity index (χ3n) is 3.60. The van der Waals surface area contributed by atoms with Gasteiger partial charge in [-0.2, -0.15) is 5.10 Å². The van der Waals surface area contributed by atoms with E-state index in [0.717, 1.165) is 17.1 Å². The highest BCUT2D eigenvalue weighted by atomic mass is 16.4. The minimum atomic E-state index is -1.03. The van der Waals surface area contributed by atoms with Gasteiger partial charge in [0, 0.05) is 11.3 Å². The summed E-state index contributed by atoms with van der Waals surface area (Å²) in [7, 11) is 0. The van der Waals surface area contributed by atoms with Crippen molar-refractivity contribution in [3.05, 3.63) is 47.3 Å². The number of carbonyl (C=O) groups excluding carboxylic acids is 1. The zero-order valence-corrected chi connectivity index (χ0v) is 13.7. The van der Waals surface area contributed by atoms with Crippen LogP contribution in [0.15, 0.2) is 30.3 Å². The summed E-state index contributed by atoms with van der Waals surface area (Å²) in [6.45, 7) is 7.39. The van der Waals surface area contributed by atoms with Gasteiger partial charge in [0.1, 0.15) is 6.04 Å². The molecule has 2 aromatic rings. The summed E-state index contributed by atoms with van der Waals surface area (Å²) in [6, 6.07) is 7.98. The van der Waals surface area contributed by atoms with Crippen molar-refractivity contribution in [2.45, 2.75) is 33.7 Å². The second kappa shape index (κ2) is 6.64. The minimum Gasteiger partial charge on any atom is -0.480 e. The molecule has 1 amide bonds. The molecule has 122 valence electrons. The maximum Gasteiger partial charge on any atom is 0.326 e. The summed E-state index contributed by atoms with van der Waals surface area (Å²) in [5.74, 6) is -1.62. The van der Waals surface area contributed by atoms with Crippen molar-refractivity contribution in [2.75, 3.05) is 0 Å². The molecule has 0 aliphatic heterocycles. The molecule has 0 saturated carbocycles. The Morgan fingerprint density at radius 2 is 1.78 bits per heavy atom. The predicted molar refractivity (Wildman–Crippen MR) is 86.8 cm³/mol. The molecule has 23 heavy (non-hydrogen) atoms. The molecule has 1 heterocycles. The van der Waals surface area contributed by atoms with Gasteiger partial charge in [-0.1, -0.05) is 13.8 Å². The van der Waals surface area contributed by atoms with Gasteiger partial charge in [0.25, 0.3) is 5.91 Å². The Kier molecular flexibility index (Phi) is 4.83. The van der Waals surface area contributed by atoms with Crippen LogP contribution < -0.4 is 5.32 Å². The van der Waals surface area contributed by atoms with Crippen LogP contribution in [0.2, 0.25) is 0 Å². The van der Waals surface area contributed by atoms with Crippen LogP contribution in [0, 0.1) is 19.8 Å². The first-order valence-corrected chi connectivity index (χ1v) is 7.47. The van der Waals surface area contributed by atoms with Crippen molar-refractivity contribution < 1.29 is 14.7 Å². The number of carboxylic acid groups (broad SMARTS) is 1. The monoisotopic (exact) mass is 315 g/mol. The van der Waals surface area contributed by atoms with Gasteiger partial charge >= 0.3 is 5.97 Å². The van der Waals surface area contributed by atoms with E-state index < -0.39 is 17.9 Å². The van der Waals surface area contributed by atoms with E-state index in [0.29, 0.717) is 5.56 Å². The molecule has 1 aromatic carbocycles. The van der Waals surface area contributed by atoms with Gasteiger partial charge in [-0.25, -0.2) is 9.48 Å². The Morgan fingerprint density at radius 3 is 2.22 bits per heavy atom. The fourth-order valence-electron chi connectivity index (χ4n) is 2.38. The first-order valence-electron chi connectivity index (χ1n) is 7.47. The fourth-order valence-corrected chi connectivity index (χ4v) is 2.38. The number of nitrogens with one attached hydrogen (secondary N) is 1.